The smallest absolute Gasteiger partial charge is 0.324 e. The summed E-state index contributed by atoms with van der Waals surface area (Å²) in [6, 6.07) is 0. The zero-order chi connectivity index (χ0) is 10.9. The van der Waals surface area contributed by atoms with Crippen molar-refractivity contribution in [3.8, 4) is 0 Å². The van der Waals surface area contributed by atoms with Crippen LogP contribution in [0.4, 0.5) is 0 Å². The van der Waals surface area contributed by atoms with E-state index in [-0.39, 0.29) is 0 Å². The van der Waals surface area contributed by atoms with Gasteiger partial charge in [0.1, 0.15) is 5.54 Å². The molecular weight excluding hydrogens is 192 g/mol. The lowest BCUT2D eigenvalue weighted by molar-refractivity contribution is -0.147. The lowest BCUT2D eigenvalue weighted by Crippen LogP contribution is -2.56. The van der Waals surface area contributed by atoms with Crippen molar-refractivity contribution < 1.29 is 9.90 Å². The van der Waals surface area contributed by atoms with E-state index in [2.05, 4.69) is 17.3 Å². The molecule has 2 fully saturated rings. The molecule has 0 aliphatic carbocycles. The zero-order valence-electron chi connectivity index (χ0n) is 9.33. The van der Waals surface area contributed by atoms with Gasteiger partial charge in [0.05, 0.1) is 0 Å². The summed E-state index contributed by atoms with van der Waals surface area (Å²) < 4.78 is 0. The Morgan fingerprint density at radius 1 is 1.47 bits per heavy atom. The molecule has 15 heavy (non-hydrogen) atoms. The molecule has 0 aromatic carbocycles. The van der Waals surface area contributed by atoms with Crippen LogP contribution >= 0.6 is 0 Å². The molecule has 2 heterocycles. The van der Waals surface area contributed by atoms with Crippen molar-refractivity contribution in [2.75, 3.05) is 26.7 Å². The number of hydrogen-bond donors (Lipinski definition) is 2. The van der Waals surface area contributed by atoms with Gasteiger partial charge < -0.3 is 15.3 Å². The van der Waals surface area contributed by atoms with Crippen LogP contribution in [0, 0.1) is 5.92 Å². The van der Waals surface area contributed by atoms with Gasteiger partial charge in [-0.25, -0.2) is 0 Å². The Morgan fingerprint density at radius 2 is 2.13 bits per heavy atom. The maximum atomic E-state index is 11.4. The zero-order valence-corrected chi connectivity index (χ0v) is 9.33. The van der Waals surface area contributed by atoms with Crippen molar-refractivity contribution in [2.24, 2.45) is 5.92 Å². The van der Waals surface area contributed by atoms with E-state index in [9.17, 15) is 9.90 Å². The number of likely N-dealkylation sites (tertiary alicyclic amines) is 1. The van der Waals surface area contributed by atoms with Crippen LogP contribution in [0.25, 0.3) is 0 Å². The molecule has 2 rings (SSSR count). The van der Waals surface area contributed by atoms with Crippen LogP contribution in [0.5, 0.6) is 0 Å². The van der Waals surface area contributed by atoms with Crippen LogP contribution in [0.2, 0.25) is 0 Å². The van der Waals surface area contributed by atoms with Gasteiger partial charge in [0.15, 0.2) is 0 Å². The van der Waals surface area contributed by atoms with Gasteiger partial charge in [0, 0.05) is 0 Å². The number of rotatable bonds is 2. The minimum absolute atomic E-state index is 0.314. The lowest BCUT2D eigenvalue weighted by Gasteiger charge is -2.39. The average Bonchev–Trinajstić information content (AvgIpc) is 2.69. The third-order valence-corrected chi connectivity index (χ3v) is 3.99. The molecule has 86 valence electrons. The Hall–Kier alpha value is -0.610. The first-order chi connectivity index (χ1) is 7.15. The largest absolute Gasteiger partial charge is 0.480 e. The number of nitrogens with one attached hydrogen (secondary N) is 1. The minimum Gasteiger partial charge on any atom is -0.480 e. The number of hydrogen-bond acceptors (Lipinski definition) is 3. The SMILES string of the molecule is CN1CCC(C2(C(=O)O)CCCN2)CC1. The second-order valence-electron chi connectivity index (χ2n) is 4.88. The van der Waals surface area contributed by atoms with Gasteiger partial charge in [0.25, 0.3) is 0 Å². The number of nitrogens with zero attached hydrogens (tertiary/aromatic N) is 1. The van der Waals surface area contributed by atoms with E-state index < -0.39 is 11.5 Å². The first kappa shape index (κ1) is 10.9. The second kappa shape index (κ2) is 4.10. The summed E-state index contributed by atoms with van der Waals surface area (Å²) in [6.07, 6.45) is 3.82. The number of aliphatic carboxylic acids is 1. The summed E-state index contributed by atoms with van der Waals surface area (Å²) in [5, 5.41) is 12.6. The van der Waals surface area contributed by atoms with E-state index in [1.165, 1.54) is 0 Å². The molecule has 2 aliphatic rings. The molecule has 4 nitrogen and oxygen atoms in total. The van der Waals surface area contributed by atoms with Crippen molar-refractivity contribution in [2.45, 2.75) is 31.2 Å². The number of piperidine rings is 1. The van der Waals surface area contributed by atoms with Crippen molar-refractivity contribution in [3.63, 3.8) is 0 Å². The average molecular weight is 212 g/mol. The van der Waals surface area contributed by atoms with Crippen LogP contribution in [-0.4, -0.2) is 48.2 Å². The van der Waals surface area contributed by atoms with Crippen LogP contribution < -0.4 is 5.32 Å². The minimum atomic E-state index is -0.644. The maximum Gasteiger partial charge on any atom is 0.324 e. The van der Waals surface area contributed by atoms with Crippen LogP contribution in [-0.2, 0) is 4.79 Å². The molecule has 0 amide bonds. The summed E-state index contributed by atoms with van der Waals surface area (Å²) >= 11 is 0. The Balaban J connectivity index is 2.08. The summed E-state index contributed by atoms with van der Waals surface area (Å²) in [5.74, 6) is -0.330. The van der Waals surface area contributed by atoms with Crippen molar-refractivity contribution >= 4 is 5.97 Å². The number of carboxylic acids is 1. The fraction of sp³-hybridized carbons (Fsp3) is 0.909. The van der Waals surface area contributed by atoms with E-state index in [1.54, 1.807) is 0 Å². The third-order valence-electron chi connectivity index (χ3n) is 3.99. The molecule has 4 heteroatoms. The Morgan fingerprint density at radius 3 is 2.60 bits per heavy atom. The van der Waals surface area contributed by atoms with Crippen molar-refractivity contribution in [1.82, 2.24) is 10.2 Å². The van der Waals surface area contributed by atoms with Crippen LogP contribution in [0.15, 0.2) is 0 Å². The normalized spacial score (nSPS) is 34.5. The molecule has 0 aromatic heterocycles. The van der Waals surface area contributed by atoms with Crippen LogP contribution in [0.1, 0.15) is 25.7 Å². The van der Waals surface area contributed by atoms with Gasteiger partial charge in [-0.15, -0.1) is 0 Å². The van der Waals surface area contributed by atoms with Gasteiger partial charge in [-0.3, -0.25) is 4.79 Å². The van der Waals surface area contributed by atoms with Gasteiger partial charge in [-0.2, -0.15) is 0 Å². The molecule has 2 saturated heterocycles. The Labute approximate surface area is 90.6 Å². The summed E-state index contributed by atoms with van der Waals surface area (Å²) in [5.41, 5.74) is -0.610. The molecule has 2 N–H and O–H groups in total. The fourth-order valence-electron chi connectivity index (χ4n) is 2.97. The monoisotopic (exact) mass is 212 g/mol. The van der Waals surface area contributed by atoms with E-state index in [1.807, 2.05) is 0 Å². The highest BCUT2D eigenvalue weighted by atomic mass is 16.4. The van der Waals surface area contributed by atoms with Gasteiger partial charge in [-0.1, -0.05) is 0 Å². The van der Waals surface area contributed by atoms with E-state index in [0.717, 1.165) is 45.3 Å². The van der Waals surface area contributed by atoms with Crippen molar-refractivity contribution in [1.29, 1.82) is 0 Å². The molecular formula is C11H20N2O2. The highest BCUT2D eigenvalue weighted by Gasteiger charge is 2.48. The standard InChI is InChI=1S/C11H20N2O2/c1-13-7-3-9(4-8-13)11(10(14)15)5-2-6-12-11/h9,12H,2-8H2,1H3,(H,14,15). The maximum absolute atomic E-state index is 11.4. The highest BCUT2D eigenvalue weighted by molar-refractivity contribution is 5.79. The fourth-order valence-corrected chi connectivity index (χ4v) is 2.97. The quantitative estimate of drug-likeness (QED) is 0.701. The van der Waals surface area contributed by atoms with Crippen molar-refractivity contribution in [3.05, 3.63) is 0 Å². The predicted octanol–water partition coefficient (Wildman–Crippen LogP) is 0.535. The predicted molar refractivity (Wildman–Crippen MR) is 57.8 cm³/mol. The topological polar surface area (TPSA) is 52.6 Å². The van der Waals surface area contributed by atoms with E-state index in [0.29, 0.717) is 5.92 Å². The first-order valence-electron chi connectivity index (χ1n) is 5.82. The molecule has 1 unspecified atom stereocenters. The summed E-state index contributed by atoms with van der Waals surface area (Å²) in [7, 11) is 2.10. The third kappa shape index (κ3) is 1.88. The molecule has 1 atom stereocenters. The Bertz CT molecular complexity index is 241. The summed E-state index contributed by atoms with van der Waals surface area (Å²) in [4.78, 5) is 13.7. The molecule has 0 spiro atoms. The van der Waals surface area contributed by atoms with Gasteiger partial charge in [0.2, 0.25) is 0 Å². The highest BCUT2D eigenvalue weighted by Crippen LogP contribution is 2.34. The lowest BCUT2D eigenvalue weighted by atomic mass is 9.77. The van der Waals surface area contributed by atoms with Gasteiger partial charge in [-0.05, 0) is 58.3 Å². The Kier molecular flexibility index (Phi) is 2.98. The van der Waals surface area contributed by atoms with E-state index in [4.69, 9.17) is 0 Å². The molecule has 0 radical (unpaired) electrons. The molecule has 0 saturated carbocycles. The molecule has 0 bridgehead atoms. The molecule has 0 aromatic rings. The summed E-state index contributed by atoms with van der Waals surface area (Å²) in [6.45, 7) is 2.92. The van der Waals surface area contributed by atoms with Gasteiger partial charge >= 0.3 is 5.97 Å². The number of carbonyl (C=O) groups is 1. The van der Waals surface area contributed by atoms with E-state index >= 15 is 0 Å². The second-order valence-corrected chi connectivity index (χ2v) is 4.88. The number of carboxylic acid groups (broad SMARTS) is 1. The first-order valence-corrected chi connectivity index (χ1v) is 5.82. The molecule has 2 aliphatic heterocycles. The van der Waals surface area contributed by atoms with Crippen LogP contribution in [0.3, 0.4) is 0 Å².